The number of rotatable bonds is 1. The molecular weight excluding hydrogens is 169 g/mol. The van der Waals surface area contributed by atoms with Crippen molar-refractivity contribution in [1.29, 1.82) is 0 Å². The maximum Gasteiger partial charge on any atom is 0.212 e. The maximum absolute atomic E-state index is 12.5. The molecule has 0 aromatic carbocycles. The zero-order chi connectivity index (χ0) is 9.26. The first-order chi connectivity index (χ1) is 6.25. The molecule has 0 spiro atoms. The third kappa shape index (κ3) is 1.59. The Hall–Kier alpha value is -1.64. The van der Waals surface area contributed by atoms with Gasteiger partial charge in [-0.1, -0.05) is 0 Å². The van der Waals surface area contributed by atoms with Gasteiger partial charge in [0.05, 0.1) is 6.26 Å². The van der Waals surface area contributed by atoms with Crippen molar-refractivity contribution in [3.05, 3.63) is 42.4 Å². The molecule has 0 unspecified atom stereocenters. The number of pyridine rings is 1. The maximum atomic E-state index is 12.5. The van der Waals surface area contributed by atoms with Gasteiger partial charge < -0.3 is 4.42 Å². The minimum atomic E-state index is -0.469. The highest BCUT2D eigenvalue weighted by molar-refractivity contribution is 5.61. The van der Waals surface area contributed by atoms with Crippen molar-refractivity contribution in [1.82, 2.24) is 4.98 Å². The number of hydrogen-bond acceptors (Lipinski definition) is 2. The van der Waals surface area contributed by atoms with E-state index in [9.17, 15) is 4.39 Å². The molecule has 2 nitrogen and oxygen atoms in total. The van der Waals surface area contributed by atoms with Crippen LogP contribution in [-0.2, 0) is 0 Å². The molecule has 0 radical (unpaired) electrons. The van der Waals surface area contributed by atoms with E-state index in [1.807, 2.05) is 13.0 Å². The Morgan fingerprint density at radius 3 is 2.69 bits per heavy atom. The summed E-state index contributed by atoms with van der Waals surface area (Å²) in [5.74, 6) is 0.364. The third-order valence-corrected chi connectivity index (χ3v) is 1.79. The first kappa shape index (κ1) is 7.98. The summed E-state index contributed by atoms with van der Waals surface area (Å²) in [7, 11) is 0. The van der Waals surface area contributed by atoms with Gasteiger partial charge in [0.25, 0.3) is 0 Å². The van der Waals surface area contributed by atoms with Crippen molar-refractivity contribution in [3.63, 3.8) is 0 Å². The molecule has 0 fully saturated rings. The van der Waals surface area contributed by atoms with Crippen LogP contribution in [0.3, 0.4) is 0 Å². The molecule has 0 saturated heterocycles. The van der Waals surface area contributed by atoms with E-state index in [2.05, 4.69) is 4.98 Å². The van der Waals surface area contributed by atoms with Gasteiger partial charge in [-0.25, -0.2) is 4.98 Å². The van der Waals surface area contributed by atoms with Gasteiger partial charge in [0, 0.05) is 17.3 Å². The Balaban J connectivity index is 2.41. The van der Waals surface area contributed by atoms with Gasteiger partial charge in [-0.2, -0.15) is 4.39 Å². The fraction of sp³-hybridized carbons (Fsp3) is 0.100. The van der Waals surface area contributed by atoms with Crippen LogP contribution in [0.1, 0.15) is 5.76 Å². The van der Waals surface area contributed by atoms with Gasteiger partial charge in [-0.05, 0) is 25.1 Å². The molecule has 13 heavy (non-hydrogen) atoms. The van der Waals surface area contributed by atoms with Crippen LogP contribution in [0.5, 0.6) is 0 Å². The summed E-state index contributed by atoms with van der Waals surface area (Å²) in [5, 5.41) is 0. The van der Waals surface area contributed by atoms with Crippen molar-refractivity contribution in [3.8, 4) is 11.1 Å². The molecule has 2 aromatic heterocycles. The fourth-order valence-corrected chi connectivity index (χ4v) is 1.14. The minimum absolute atomic E-state index is 0.469. The van der Waals surface area contributed by atoms with Crippen molar-refractivity contribution in [2.75, 3.05) is 0 Å². The standard InChI is InChI=1S/C10H8FNO/c1-7-4-9(6-13-7)8-2-3-10(11)12-5-8/h2-6H,1H3. The number of furan rings is 1. The fourth-order valence-electron chi connectivity index (χ4n) is 1.14. The Labute approximate surface area is 75.0 Å². The average molecular weight is 177 g/mol. The number of hydrogen-bond donors (Lipinski definition) is 0. The van der Waals surface area contributed by atoms with E-state index < -0.39 is 5.95 Å². The van der Waals surface area contributed by atoms with Crippen LogP contribution in [0.15, 0.2) is 35.1 Å². The molecular formula is C10H8FNO. The van der Waals surface area contributed by atoms with Crippen molar-refractivity contribution < 1.29 is 8.81 Å². The Morgan fingerprint density at radius 1 is 1.31 bits per heavy atom. The first-order valence-electron chi connectivity index (χ1n) is 3.93. The van der Waals surface area contributed by atoms with Crippen LogP contribution in [0, 0.1) is 12.9 Å². The molecule has 0 atom stereocenters. The molecule has 2 aromatic rings. The quantitative estimate of drug-likeness (QED) is 0.626. The SMILES string of the molecule is Cc1cc(-c2ccc(F)nc2)co1. The number of aryl methyl sites for hydroxylation is 1. The lowest BCUT2D eigenvalue weighted by atomic mass is 10.1. The highest BCUT2D eigenvalue weighted by atomic mass is 19.1. The van der Waals surface area contributed by atoms with Crippen LogP contribution in [-0.4, -0.2) is 4.98 Å². The van der Waals surface area contributed by atoms with Crippen molar-refractivity contribution >= 4 is 0 Å². The second kappa shape index (κ2) is 3.01. The molecule has 3 heteroatoms. The number of nitrogens with zero attached hydrogens (tertiary/aromatic N) is 1. The normalized spacial score (nSPS) is 10.3. The van der Waals surface area contributed by atoms with Crippen LogP contribution in [0.2, 0.25) is 0 Å². The lowest BCUT2D eigenvalue weighted by Crippen LogP contribution is -1.81. The van der Waals surface area contributed by atoms with Crippen LogP contribution < -0.4 is 0 Å². The zero-order valence-corrected chi connectivity index (χ0v) is 7.12. The van der Waals surface area contributed by atoms with E-state index in [1.54, 1.807) is 12.3 Å². The summed E-state index contributed by atoms with van der Waals surface area (Å²) in [4.78, 5) is 3.56. The van der Waals surface area contributed by atoms with E-state index in [4.69, 9.17) is 4.42 Å². The Bertz CT molecular complexity index is 405. The number of halogens is 1. The third-order valence-electron chi connectivity index (χ3n) is 1.79. The van der Waals surface area contributed by atoms with Gasteiger partial charge in [0.15, 0.2) is 0 Å². The summed E-state index contributed by atoms with van der Waals surface area (Å²) in [6, 6.07) is 4.89. The van der Waals surface area contributed by atoms with Crippen LogP contribution >= 0.6 is 0 Å². The molecule has 0 N–H and O–H groups in total. The number of aromatic nitrogens is 1. The molecule has 0 saturated carbocycles. The van der Waals surface area contributed by atoms with E-state index in [-0.39, 0.29) is 0 Å². The van der Waals surface area contributed by atoms with Crippen LogP contribution in [0.25, 0.3) is 11.1 Å². The van der Waals surface area contributed by atoms with Gasteiger partial charge >= 0.3 is 0 Å². The van der Waals surface area contributed by atoms with Gasteiger partial charge in [-0.15, -0.1) is 0 Å². The molecule has 0 bridgehead atoms. The molecule has 0 aliphatic rings. The second-order valence-corrected chi connectivity index (χ2v) is 2.82. The predicted molar refractivity (Wildman–Crippen MR) is 46.6 cm³/mol. The monoisotopic (exact) mass is 177 g/mol. The van der Waals surface area contributed by atoms with Gasteiger partial charge in [0.2, 0.25) is 5.95 Å². The van der Waals surface area contributed by atoms with Crippen LogP contribution in [0.4, 0.5) is 4.39 Å². The smallest absolute Gasteiger partial charge is 0.212 e. The molecule has 0 aliphatic carbocycles. The highest BCUT2D eigenvalue weighted by Crippen LogP contribution is 2.20. The highest BCUT2D eigenvalue weighted by Gasteiger charge is 2.01. The zero-order valence-electron chi connectivity index (χ0n) is 7.12. The average Bonchev–Trinajstić information content (AvgIpc) is 2.53. The summed E-state index contributed by atoms with van der Waals surface area (Å²) in [6.07, 6.45) is 3.11. The molecule has 2 rings (SSSR count). The Kier molecular flexibility index (Phi) is 1.85. The summed E-state index contributed by atoms with van der Waals surface area (Å²) < 4.78 is 17.6. The van der Waals surface area contributed by atoms with Crippen molar-refractivity contribution in [2.45, 2.75) is 6.92 Å². The topological polar surface area (TPSA) is 26.0 Å². The molecule has 0 aliphatic heterocycles. The van der Waals surface area contributed by atoms with E-state index in [1.165, 1.54) is 12.3 Å². The summed E-state index contributed by atoms with van der Waals surface area (Å²) >= 11 is 0. The predicted octanol–water partition coefficient (Wildman–Crippen LogP) is 2.79. The molecule has 0 amide bonds. The van der Waals surface area contributed by atoms with Gasteiger partial charge in [-0.3, -0.25) is 0 Å². The lowest BCUT2D eigenvalue weighted by molar-refractivity contribution is 0.535. The lowest BCUT2D eigenvalue weighted by Gasteiger charge is -1.93. The molecule has 2 heterocycles. The van der Waals surface area contributed by atoms with E-state index in [0.29, 0.717) is 0 Å². The summed E-state index contributed by atoms with van der Waals surface area (Å²) in [5.41, 5.74) is 1.78. The minimum Gasteiger partial charge on any atom is -0.469 e. The van der Waals surface area contributed by atoms with E-state index >= 15 is 0 Å². The Morgan fingerprint density at radius 2 is 2.15 bits per heavy atom. The first-order valence-corrected chi connectivity index (χ1v) is 3.93. The van der Waals surface area contributed by atoms with E-state index in [0.717, 1.165) is 16.9 Å². The molecule has 66 valence electrons. The summed E-state index contributed by atoms with van der Waals surface area (Å²) in [6.45, 7) is 1.86. The van der Waals surface area contributed by atoms with Gasteiger partial charge in [0.1, 0.15) is 5.76 Å². The van der Waals surface area contributed by atoms with Crippen molar-refractivity contribution in [2.24, 2.45) is 0 Å². The largest absolute Gasteiger partial charge is 0.469 e. The second-order valence-electron chi connectivity index (χ2n) is 2.82.